The van der Waals surface area contributed by atoms with Gasteiger partial charge in [0.2, 0.25) is 17.8 Å². The first-order valence-electron chi connectivity index (χ1n) is 6.27. The number of methoxy groups -OCH3 is 2. The Bertz CT molecular complexity index is 556. The summed E-state index contributed by atoms with van der Waals surface area (Å²) >= 11 is 0. The van der Waals surface area contributed by atoms with Gasteiger partial charge in [-0.05, 0) is 13.8 Å². The zero-order valence-electron chi connectivity index (χ0n) is 12.9. The van der Waals surface area contributed by atoms with Crippen molar-refractivity contribution < 1.29 is 28.6 Å². The fourth-order valence-electron chi connectivity index (χ4n) is 1.16. The van der Waals surface area contributed by atoms with E-state index in [4.69, 9.17) is 4.74 Å². The minimum atomic E-state index is -0.851. The van der Waals surface area contributed by atoms with E-state index in [1.54, 1.807) is 13.8 Å². The third-order valence-corrected chi connectivity index (χ3v) is 1.99. The molecule has 0 atom stereocenters. The molecule has 23 heavy (non-hydrogen) atoms. The summed E-state index contributed by atoms with van der Waals surface area (Å²) in [6.07, 6.45) is -2.89. The molecule has 0 fully saturated rings. The highest BCUT2D eigenvalue weighted by Gasteiger charge is 2.14. The summed E-state index contributed by atoms with van der Waals surface area (Å²) in [6, 6.07) is 0. The molecule has 0 aliphatic rings. The molecule has 0 spiro atoms. The average Bonchev–Trinajstić information content (AvgIpc) is 2.45. The largest absolute Gasteiger partial charge is 0.453 e. The molecular weight excluding hydrogens is 312 g/mol. The van der Waals surface area contributed by atoms with E-state index in [-0.39, 0.29) is 23.9 Å². The normalized spacial score (nSPS) is 9.78. The van der Waals surface area contributed by atoms with Crippen LogP contribution in [0, 0.1) is 0 Å². The molecule has 12 nitrogen and oxygen atoms in total. The molecule has 0 unspecified atom stereocenters. The molecular formula is C11H16N6O6. The van der Waals surface area contributed by atoms with Gasteiger partial charge in [0.05, 0.1) is 20.3 Å². The zero-order chi connectivity index (χ0) is 17.4. The number of ether oxygens (including phenoxy) is 3. The number of nitrogens with zero attached hydrogens (tertiary/aromatic N) is 3. The number of anilines is 3. The molecule has 12 heteroatoms. The van der Waals surface area contributed by atoms with Crippen molar-refractivity contribution in [2.45, 2.75) is 20.0 Å². The van der Waals surface area contributed by atoms with Gasteiger partial charge in [-0.3, -0.25) is 16.0 Å². The molecule has 3 N–H and O–H groups in total. The van der Waals surface area contributed by atoms with Crippen LogP contribution in [0.4, 0.5) is 32.2 Å². The van der Waals surface area contributed by atoms with Gasteiger partial charge in [0, 0.05) is 0 Å². The Kier molecular flexibility index (Phi) is 6.46. The maximum absolute atomic E-state index is 11.5. The van der Waals surface area contributed by atoms with Crippen molar-refractivity contribution in [2.75, 3.05) is 30.2 Å². The van der Waals surface area contributed by atoms with Gasteiger partial charge in [0.1, 0.15) is 0 Å². The highest BCUT2D eigenvalue weighted by Crippen LogP contribution is 2.10. The molecule has 0 saturated heterocycles. The van der Waals surface area contributed by atoms with E-state index in [1.165, 1.54) is 0 Å². The van der Waals surface area contributed by atoms with Crippen molar-refractivity contribution in [1.82, 2.24) is 15.0 Å². The van der Waals surface area contributed by atoms with Gasteiger partial charge in [0.25, 0.3) is 0 Å². The van der Waals surface area contributed by atoms with Gasteiger partial charge in [0.15, 0.2) is 0 Å². The lowest BCUT2D eigenvalue weighted by atomic mass is 10.5. The molecule has 0 saturated carbocycles. The molecule has 1 aromatic heterocycles. The smallest absolute Gasteiger partial charge is 0.414 e. The van der Waals surface area contributed by atoms with Gasteiger partial charge in [-0.1, -0.05) is 0 Å². The molecule has 3 amide bonds. The van der Waals surface area contributed by atoms with E-state index in [0.29, 0.717) is 0 Å². The number of carbonyl (C=O) groups is 3. The first-order valence-corrected chi connectivity index (χ1v) is 6.27. The minimum Gasteiger partial charge on any atom is -0.453 e. The van der Waals surface area contributed by atoms with Gasteiger partial charge in [-0.25, -0.2) is 14.4 Å². The highest BCUT2D eigenvalue weighted by molar-refractivity contribution is 5.86. The van der Waals surface area contributed by atoms with E-state index in [2.05, 4.69) is 40.4 Å². The predicted octanol–water partition coefficient (Wildman–Crippen LogP) is 1.19. The summed E-state index contributed by atoms with van der Waals surface area (Å²) in [6.45, 7) is 3.31. The van der Waals surface area contributed by atoms with Crippen LogP contribution in [0.2, 0.25) is 0 Å². The van der Waals surface area contributed by atoms with Crippen molar-refractivity contribution in [2.24, 2.45) is 0 Å². The van der Waals surface area contributed by atoms with E-state index in [0.717, 1.165) is 14.2 Å². The lowest BCUT2D eigenvalue weighted by Gasteiger charge is -2.10. The van der Waals surface area contributed by atoms with E-state index >= 15 is 0 Å². The maximum Gasteiger partial charge on any atom is 0.414 e. The van der Waals surface area contributed by atoms with Crippen LogP contribution >= 0.6 is 0 Å². The van der Waals surface area contributed by atoms with Crippen LogP contribution in [0.25, 0.3) is 0 Å². The number of aromatic nitrogens is 3. The lowest BCUT2D eigenvalue weighted by Crippen LogP contribution is -2.22. The second-order valence-corrected chi connectivity index (χ2v) is 4.12. The number of hydrogen-bond acceptors (Lipinski definition) is 9. The van der Waals surface area contributed by atoms with Crippen LogP contribution in [-0.4, -0.2) is 53.6 Å². The zero-order valence-corrected chi connectivity index (χ0v) is 12.9. The van der Waals surface area contributed by atoms with E-state index < -0.39 is 18.3 Å². The van der Waals surface area contributed by atoms with Crippen molar-refractivity contribution in [3.8, 4) is 0 Å². The second-order valence-electron chi connectivity index (χ2n) is 4.12. The van der Waals surface area contributed by atoms with Crippen molar-refractivity contribution in [3.05, 3.63) is 0 Å². The molecule has 0 aliphatic carbocycles. The van der Waals surface area contributed by atoms with Gasteiger partial charge < -0.3 is 14.2 Å². The molecule has 1 rings (SSSR count). The molecule has 0 radical (unpaired) electrons. The van der Waals surface area contributed by atoms with Gasteiger partial charge in [-0.2, -0.15) is 15.0 Å². The fourth-order valence-corrected chi connectivity index (χ4v) is 1.16. The molecule has 0 aliphatic heterocycles. The first kappa shape index (κ1) is 17.9. The summed E-state index contributed by atoms with van der Waals surface area (Å²) < 4.78 is 13.7. The van der Waals surface area contributed by atoms with E-state index in [1.807, 2.05) is 0 Å². The minimum absolute atomic E-state index is 0.261. The van der Waals surface area contributed by atoms with E-state index in [9.17, 15) is 14.4 Å². The summed E-state index contributed by atoms with van der Waals surface area (Å²) in [5.74, 6) is -0.792. The summed E-state index contributed by atoms with van der Waals surface area (Å²) in [5, 5.41) is 6.57. The number of amides is 3. The van der Waals surface area contributed by atoms with Crippen LogP contribution in [0.5, 0.6) is 0 Å². The predicted molar refractivity (Wildman–Crippen MR) is 77.1 cm³/mol. The van der Waals surface area contributed by atoms with Crippen molar-refractivity contribution >= 4 is 36.1 Å². The summed E-state index contributed by atoms with van der Waals surface area (Å²) in [5.41, 5.74) is 0. The summed E-state index contributed by atoms with van der Waals surface area (Å²) in [4.78, 5) is 45.2. The Labute approximate surface area is 130 Å². The van der Waals surface area contributed by atoms with Crippen LogP contribution in [-0.2, 0) is 14.2 Å². The third kappa shape index (κ3) is 6.41. The lowest BCUT2D eigenvalue weighted by molar-refractivity contribution is 0.129. The number of nitrogens with one attached hydrogen (secondary N) is 3. The Balaban J connectivity index is 2.99. The molecule has 1 aromatic rings. The maximum atomic E-state index is 11.5. The standard InChI is InChI=1S/C11H16N6O6/c1-5(2)23-11(20)17-8-13-6(15-9(18)21-3)12-7(14-8)16-10(19)22-4/h5H,1-4H3,(H3,12,13,14,15,16,17,18,19,20). The molecule has 0 aromatic carbocycles. The Morgan fingerprint density at radius 2 is 1.13 bits per heavy atom. The quantitative estimate of drug-likeness (QED) is 0.691. The second kappa shape index (κ2) is 8.31. The fraction of sp³-hybridized carbons (Fsp3) is 0.455. The Hall–Kier alpha value is -3.18. The number of rotatable bonds is 4. The average molecular weight is 328 g/mol. The number of hydrogen-bond donors (Lipinski definition) is 3. The molecule has 1 heterocycles. The van der Waals surface area contributed by atoms with Crippen LogP contribution in [0.3, 0.4) is 0 Å². The first-order chi connectivity index (χ1) is 10.8. The third-order valence-electron chi connectivity index (χ3n) is 1.99. The molecule has 126 valence electrons. The topological polar surface area (TPSA) is 154 Å². The van der Waals surface area contributed by atoms with Crippen molar-refractivity contribution in [3.63, 3.8) is 0 Å². The van der Waals surface area contributed by atoms with Crippen LogP contribution < -0.4 is 16.0 Å². The van der Waals surface area contributed by atoms with Gasteiger partial charge in [-0.15, -0.1) is 0 Å². The van der Waals surface area contributed by atoms with Crippen LogP contribution in [0.15, 0.2) is 0 Å². The van der Waals surface area contributed by atoms with Crippen molar-refractivity contribution in [1.29, 1.82) is 0 Å². The number of carbonyl (C=O) groups excluding carboxylic acids is 3. The summed E-state index contributed by atoms with van der Waals surface area (Å²) in [7, 11) is 2.28. The Morgan fingerprint density at radius 3 is 1.43 bits per heavy atom. The Morgan fingerprint density at radius 1 is 0.783 bits per heavy atom. The molecule has 0 bridgehead atoms. The van der Waals surface area contributed by atoms with Crippen LogP contribution in [0.1, 0.15) is 13.8 Å². The SMILES string of the molecule is COC(=O)Nc1nc(NC(=O)OC)nc(NC(=O)OC(C)C)n1. The monoisotopic (exact) mass is 328 g/mol. The highest BCUT2D eigenvalue weighted by atomic mass is 16.6. The van der Waals surface area contributed by atoms with Gasteiger partial charge >= 0.3 is 18.3 Å².